The largest absolute Gasteiger partial charge is 0.390 e. The summed E-state index contributed by atoms with van der Waals surface area (Å²) in [6, 6.07) is 0. The van der Waals surface area contributed by atoms with Gasteiger partial charge in [0, 0.05) is 6.42 Å². The van der Waals surface area contributed by atoms with Crippen LogP contribution in [0, 0.1) is 0 Å². The summed E-state index contributed by atoms with van der Waals surface area (Å²) in [6.07, 6.45) is -1.94. The van der Waals surface area contributed by atoms with Gasteiger partial charge in [-0.25, -0.2) is 0 Å². The van der Waals surface area contributed by atoms with Crippen LogP contribution >= 0.6 is 7.60 Å². The van der Waals surface area contributed by atoms with E-state index in [0.29, 0.717) is 0 Å². The molecule has 84 valence electrons. The molecule has 3 atom stereocenters. The molecule has 0 radical (unpaired) electrons. The maximum atomic E-state index is 10.5. The molecule has 0 spiro atoms. The maximum absolute atomic E-state index is 10.5. The van der Waals surface area contributed by atoms with E-state index in [9.17, 15) is 9.67 Å². The molecule has 0 bridgehead atoms. The van der Waals surface area contributed by atoms with Crippen molar-refractivity contribution in [3.05, 3.63) is 0 Å². The van der Waals surface area contributed by atoms with Crippen molar-refractivity contribution < 1.29 is 29.3 Å². The highest BCUT2D eigenvalue weighted by atomic mass is 31.2. The van der Waals surface area contributed by atoms with Gasteiger partial charge in [-0.2, -0.15) is 0 Å². The zero-order valence-corrected chi connectivity index (χ0v) is 8.51. The van der Waals surface area contributed by atoms with Crippen molar-refractivity contribution in [1.29, 1.82) is 0 Å². The minimum Gasteiger partial charge on any atom is -0.390 e. The molecule has 1 saturated heterocycles. The van der Waals surface area contributed by atoms with Gasteiger partial charge in [-0.05, 0) is 6.42 Å². The summed E-state index contributed by atoms with van der Waals surface area (Å²) in [6.45, 7) is 0.0208. The van der Waals surface area contributed by atoms with Crippen molar-refractivity contribution in [2.75, 3.05) is 12.8 Å². The van der Waals surface area contributed by atoms with Crippen LogP contribution in [0.2, 0.25) is 0 Å². The lowest BCUT2D eigenvalue weighted by Gasteiger charge is -2.30. The second-order valence-corrected chi connectivity index (χ2v) is 5.28. The summed E-state index contributed by atoms with van der Waals surface area (Å²) in [5, 5.41) is 18.3. The van der Waals surface area contributed by atoms with Crippen molar-refractivity contribution in [2.45, 2.75) is 31.2 Å². The minimum atomic E-state index is -3.99. The molecule has 1 aliphatic heterocycles. The molecule has 1 rings (SSSR count). The first-order chi connectivity index (χ1) is 6.38. The summed E-state index contributed by atoms with van der Waals surface area (Å²) < 4.78 is 15.6. The summed E-state index contributed by atoms with van der Waals surface area (Å²) in [7, 11) is -3.99. The van der Waals surface area contributed by atoms with Crippen LogP contribution in [0.1, 0.15) is 12.8 Å². The highest BCUT2D eigenvalue weighted by Crippen LogP contribution is 2.36. The van der Waals surface area contributed by atoms with Crippen LogP contribution in [0.4, 0.5) is 0 Å². The Labute approximate surface area is 81.7 Å². The van der Waals surface area contributed by atoms with Crippen LogP contribution in [0.3, 0.4) is 0 Å². The van der Waals surface area contributed by atoms with E-state index in [0.717, 1.165) is 0 Å². The molecule has 6 nitrogen and oxygen atoms in total. The van der Waals surface area contributed by atoms with E-state index in [-0.39, 0.29) is 31.7 Å². The van der Waals surface area contributed by atoms with Gasteiger partial charge in [-0.3, -0.25) is 4.57 Å². The quantitative estimate of drug-likeness (QED) is 0.463. The lowest BCUT2D eigenvalue weighted by Crippen LogP contribution is -2.41. The molecule has 0 amide bonds. The summed E-state index contributed by atoms with van der Waals surface area (Å²) >= 11 is 0. The van der Waals surface area contributed by atoms with Crippen molar-refractivity contribution in [2.24, 2.45) is 0 Å². The van der Waals surface area contributed by atoms with E-state index in [4.69, 9.17) is 19.6 Å². The van der Waals surface area contributed by atoms with Crippen molar-refractivity contribution >= 4 is 7.60 Å². The van der Waals surface area contributed by atoms with Gasteiger partial charge < -0.3 is 24.7 Å². The van der Waals surface area contributed by atoms with Crippen LogP contribution in [0.15, 0.2) is 0 Å². The number of aliphatic hydroxyl groups excluding tert-OH is 2. The lowest BCUT2D eigenvalue weighted by atomic mass is 10.0. The molecule has 7 heteroatoms. The number of hydrogen-bond donors (Lipinski definition) is 4. The van der Waals surface area contributed by atoms with Crippen LogP contribution in [-0.2, 0) is 9.30 Å². The fourth-order valence-corrected chi connectivity index (χ4v) is 1.98. The predicted molar refractivity (Wildman–Crippen MR) is 47.9 cm³/mol. The van der Waals surface area contributed by atoms with E-state index in [1.54, 1.807) is 0 Å². The molecule has 0 aromatic rings. The fraction of sp³-hybridized carbons (Fsp3) is 1.00. The molecule has 14 heavy (non-hydrogen) atoms. The maximum Gasteiger partial charge on any atom is 0.325 e. The second-order valence-electron chi connectivity index (χ2n) is 3.50. The summed E-state index contributed by atoms with van der Waals surface area (Å²) in [5.41, 5.74) is 0. The van der Waals surface area contributed by atoms with E-state index < -0.39 is 19.8 Å². The molecule has 4 N–H and O–H groups in total. The van der Waals surface area contributed by atoms with Crippen LogP contribution in [-0.4, -0.2) is 51.1 Å². The van der Waals surface area contributed by atoms with E-state index in [2.05, 4.69) is 0 Å². The van der Waals surface area contributed by atoms with Gasteiger partial charge in [0.05, 0.1) is 25.0 Å². The van der Waals surface area contributed by atoms with Gasteiger partial charge in [0.25, 0.3) is 0 Å². The first kappa shape index (κ1) is 12.1. The highest BCUT2D eigenvalue weighted by Gasteiger charge is 2.29. The van der Waals surface area contributed by atoms with Gasteiger partial charge in [-0.1, -0.05) is 0 Å². The number of ether oxygens (including phenoxy) is 1. The Morgan fingerprint density at radius 1 is 1.29 bits per heavy atom. The Bertz CT molecular complexity index is 226. The van der Waals surface area contributed by atoms with Gasteiger partial charge in [-0.15, -0.1) is 0 Å². The van der Waals surface area contributed by atoms with Crippen molar-refractivity contribution in [3.63, 3.8) is 0 Å². The van der Waals surface area contributed by atoms with Gasteiger partial charge in [0.2, 0.25) is 0 Å². The molecular weight excluding hydrogens is 211 g/mol. The Morgan fingerprint density at radius 3 is 2.43 bits per heavy atom. The molecule has 1 aliphatic rings. The molecule has 3 unspecified atom stereocenters. The average Bonchev–Trinajstić information content (AvgIpc) is 2.06. The number of hydrogen-bond acceptors (Lipinski definition) is 4. The molecular formula is C7H15O6P. The van der Waals surface area contributed by atoms with Gasteiger partial charge in [0.15, 0.2) is 0 Å². The number of aliphatic hydroxyl groups is 2. The van der Waals surface area contributed by atoms with Crippen LogP contribution in [0.5, 0.6) is 0 Å². The summed E-state index contributed by atoms with van der Waals surface area (Å²) in [5.74, 6) is 0. The topological polar surface area (TPSA) is 107 Å². The van der Waals surface area contributed by atoms with E-state index in [1.807, 2.05) is 0 Å². The van der Waals surface area contributed by atoms with Gasteiger partial charge >= 0.3 is 7.60 Å². The monoisotopic (exact) mass is 226 g/mol. The first-order valence-corrected chi connectivity index (χ1v) is 6.20. The third-order valence-corrected chi connectivity index (χ3v) is 3.03. The van der Waals surface area contributed by atoms with Crippen LogP contribution in [0.25, 0.3) is 0 Å². The minimum absolute atomic E-state index is 0.0208. The zero-order chi connectivity index (χ0) is 10.8. The van der Waals surface area contributed by atoms with Crippen molar-refractivity contribution in [1.82, 2.24) is 0 Å². The highest BCUT2D eigenvalue weighted by molar-refractivity contribution is 7.51. The third-order valence-electron chi connectivity index (χ3n) is 2.19. The molecule has 0 aromatic carbocycles. The SMILES string of the molecule is O=P(O)(O)CCC1CC(O)C(O)CO1. The molecule has 1 fully saturated rings. The first-order valence-electron chi connectivity index (χ1n) is 4.41. The lowest BCUT2D eigenvalue weighted by molar-refractivity contribution is -0.121. The summed E-state index contributed by atoms with van der Waals surface area (Å²) in [4.78, 5) is 17.2. The van der Waals surface area contributed by atoms with Crippen molar-refractivity contribution in [3.8, 4) is 0 Å². The van der Waals surface area contributed by atoms with E-state index >= 15 is 0 Å². The third kappa shape index (κ3) is 4.04. The smallest absolute Gasteiger partial charge is 0.325 e. The normalized spacial score (nSPS) is 34.4. The predicted octanol–water partition coefficient (Wildman–Crippen LogP) is -0.935. The van der Waals surface area contributed by atoms with Gasteiger partial charge in [0.1, 0.15) is 6.10 Å². The zero-order valence-electron chi connectivity index (χ0n) is 7.61. The molecule has 0 aromatic heterocycles. The second kappa shape index (κ2) is 4.70. The molecule has 1 heterocycles. The fourth-order valence-electron chi connectivity index (χ4n) is 1.35. The molecule has 0 aliphatic carbocycles. The number of rotatable bonds is 3. The Morgan fingerprint density at radius 2 is 1.93 bits per heavy atom. The Kier molecular flexibility index (Phi) is 4.06. The molecule has 0 saturated carbocycles. The standard InChI is InChI=1S/C7H15O6P/c8-6-3-5(13-4-7(6)9)1-2-14(10,11)12/h5-9H,1-4H2,(H2,10,11,12). The Hall–Kier alpha value is 0.0300. The van der Waals surface area contributed by atoms with E-state index in [1.165, 1.54) is 0 Å². The Balaban J connectivity index is 2.30. The van der Waals surface area contributed by atoms with Crippen LogP contribution < -0.4 is 0 Å². The average molecular weight is 226 g/mol.